The van der Waals surface area contributed by atoms with Gasteiger partial charge in [0.2, 0.25) is 16.5 Å². The Kier molecular flexibility index (Phi) is 7.65. The van der Waals surface area contributed by atoms with E-state index in [9.17, 15) is 0 Å². The lowest BCUT2D eigenvalue weighted by Gasteiger charge is -2.10. The quantitative estimate of drug-likeness (QED) is 0.157. The number of nitrogens with zero attached hydrogens (tertiary/aromatic N) is 8. The number of para-hydroxylation sites is 2. The Hall–Kier alpha value is -7.62. The molecule has 7 aromatic carbocycles. The molecule has 9 heteroatoms. The van der Waals surface area contributed by atoms with Crippen LogP contribution >= 0.6 is 12.2 Å². The van der Waals surface area contributed by atoms with Gasteiger partial charge in [0.15, 0.2) is 17.5 Å². The van der Waals surface area contributed by atoms with E-state index >= 15 is 0 Å². The Morgan fingerprint density at radius 3 is 1.49 bits per heavy atom. The molecule has 0 amide bonds. The van der Waals surface area contributed by atoms with Crippen molar-refractivity contribution in [1.29, 1.82) is 0 Å². The standard InChI is InChI=1S/C48H30N8S/c57-48-53-45(33-19-9-3-10-20-33)52-47-55(46-50-43(31-15-5-1-6-16-31)49-44(51-46)32-17-7-2-8-18-32)41-28-26-35(30-42(41)56(47)48)34-25-27-40-38(29-34)37-23-13-14-24-39(37)54(40)36-21-11-4-12-22-36/h1-30H. The monoisotopic (exact) mass is 750 g/mol. The molecule has 0 saturated heterocycles. The molecule has 4 heterocycles. The molecule has 0 atom stereocenters. The van der Waals surface area contributed by atoms with Crippen molar-refractivity contribution in [2.75, 3.05) is 0 Å². The molecule has 0 spiro atoms. The summed E-state index contributed by atoms with van der Waals surface area (Å²) in [7, 11) is 0. The van der Waals surface area contributed by atoms with Gasteiger partial charge in [-0.15, -0.1) is 0 Å². The van der Waals surface area contributed by atoms with Gasteiger partial charge < -0.3 is 4.57 Å². The first-order valence-corrected chi connectivity index (χ1v) is 19.1. The van der Waals surface area contributed by atoms with E-state index in [0.717, 1.165) is 55.6 Å². The zero-order chi connectivity index (χ0) is 37.9. The second kappa shape index (κ2) is 13.3. The Balaban J connectivity index is 1.17. The molecular formula is C48H30N8S. The van der Waals surface area contributed by atoms with Gasteiger partial charge in [-0.05, 0) is 65.8 Å². The van der Waals surface area contributed by atoms with Crippen molar-refractivity contribution >= 4 is 50.8 Å². The molecule has 0 bridgehead atoms. The maximum atomic E-state index is 6.10. The van der Waals surface area contributed by atoms with Crippen LogP contribution < -0.4 is 0 Å². The molecule has 0 saturated carbocycles. The van der Waals surface area contributed by atoms with Crippen LogP contribution in [0.3, 0.4) is 0 Å². The number of aromatic nitrogens is 8. The number of hydrogen-bond donors (Lipinski definition) is 0. The molecule has 8 nitrogen and oxygen atoms in total. The van der Waals surface area contributed by atoms with E-state index in [4.69, 9.17) is 37.1 Å². The molecule has 11 aromatic rings. The van der Waals surface area contributed by atoms with Gasteiger partial charge >= 0.3 is 0 Å². The van der Waals surface area contributed by atoms with Gasteiger partial charge in [0.25, 0.3) is 0 Å². The fourth-order valence-electron chi connectivity index (χ4n) is 7.75. The highest BCUT2D eigenvalue weighted by Crippen LogP contribution is 2.36. The minimum absolute atomic E-state index is 0.377. The molecule has 0 aliphatic carbocycles. The molecule has 11 rings (SSSR count). The highest BCUT2D eigenvalue weighted by Gasteiger charge is 2.22. The van der Waals surface area contributed by atoms with E-state index in [1.165, 1.54) is 10.8 Å². The van der Waals surface area contributed by atoms with Crippen LogP contribution in [0.15, 0.2) is 182 Å². The minimum Gasteiger partial charge on any atom is -0.309 e. The van der Waals surface area contributed by atoms with Crippen LogP contribution in [0.4, 0.5) is 0 Å². The fourth-order valence-corrected chi connectivity index (χ4v) is 8.02. The number of rotatable bonds is 6. The average molecular weight is 751 g/mol. The van der Waals surface area contributed by atoms with E-state index < -0.39 is 0 Å². The van der Waals surface area contributed by atoms with E-state index in [1.807, 2.05) is 106 Å². The number of imidazole rings is 1. The fraction of sp³-hybridized carbons (Fsp3) is 0. The maximum absolute atomic E-state index is 6.10. The van der Waals surface area contributed by atoms with Crippen molar-refractivity contribution in [3.63, 3.8) is 0 Å². The normalized spacial score (nSPS) is 11.6. The highest BCUT2D eigenvalue weighted by molar-refractivity contribution is 7.71. The van der Waals surface area contributed by atoms with Gasteiger partial charge in [0.05, 0.1) is 22.1 Å². The molecule has 0 N–H and O–H groups in total. The Morgan fingerprint density at radius 2 is 0.860 bits per heavy atom. The van der Waals surface area contributed by atoms with Crippen LogP contribution in [0.2, 0.25) is 0 Å². The van der Waals surface area contributed by atoms with Crippen LogP contribution in [-0.4, -0.2) is 38.5 Å². The van der Waals surface area contributed by atoms with Gasteiger partial charge in [0, 0.05) is 33.2 Å². The summed E-state index contributed by atoms with van der Waals surface area (Å²) in [5, 5.41) is 2.37. The zero-order valence-corrected chi connectivity index (χ0v) is 31.1. The minimum atomic E-state index is 0.377. The first-order valence-electron chi connectivity index (χ1n) is 18.6. The van der Waals surface area contributed by atoms with Crippen LogP contribution in [0.25, 0.3) is 95.5 Å². The Labute approximate surface area is 331 Å². The predicted octanol–water partition coefficient (Wildman–Crippen LogP) is 11.4. The third-order valence-corrected chi connectivity index (χ3v) is 10.7. The van der Waals surface area contributed by atoms with E-state index in [1.54, 1.807) is 0 Å². The number of fused-ring (bicyclic) bond motifs is 6. The third-order valence-electron chi connectivity index (χ3n) is 10.4. The van der Waals surface area contributed by atoms with Gasteiger partial charge in [-0.2, -0.15) is 19.9 Å². The summed E-state index contributed by atoms with van der Waals surface area (Å²) in [6.45, 7) is 0. The van der Waals surface area contributed by atoms with Crippen LogP contribution in [0.5, 0.6) is 0 Å². The second-order valence-electron chi connectivity index (χ2n) is 13.8. The third kappa shape index (κ3) is 5.51. The van der Waals surface area contributed by atoms with Crippen molar-refractivity contribution in [2.24, 2.45) is 0 Å². The van der Waals surface area contributed by atoms with Crippen molar-refractivity contribution in [3.8, 4) is 56.9 Å². The summed E-state index contributed by atoms with van der Waals surface area (Å²) in [4.78, 5) is 25.2. The summed E-state index contributed by atoms with van der Waals surface area (Å²) in [6.07, 6.45) is 0. The molecule has 0 fully saturated rings. The predicted molar refractivity (Wildman–Crippen MR) is 230 cm³/mol. The number of benzene rings is 7. The van der Waals surface area contributed by atoms with Crippen molar-refractivity contribution in [3.05, 3.63) is 187 Å². The van der Waals surface area contributed by atoms with Crippen molar-refractivity contribution in [2.45, 2.75) is 0 Å². The topological polar surface area (TPSA) is 78.7 Å². The largest absolute Gasteiger partial charge is 0.309 e. The van der Waals surface area contributed by atoms with E-state index in [-0.39, 0.29) is 0 Å². The van der Waals surface area contributed by atoms with Gasteiger partial charge in [-0.3, -0.25) is 4.40 Å². The Morgan fingerprint density at radius 1 is 0.351 bits per heavy atom. The molecule has 57 heavy (non-hydrogen) atoms. The molecule has 0 aliphatic heterocycles. The van der Waals surface area contributed by atoms with Crippen LogP contribution in [-0.2, 0) is 0 Å². The van der Waals surface area contributed by atoms with Crippen LogP contribution in [0, 0.1) is 4.77 Å². The lowest BCUT2D eigenvalue weighted by Crippen LogP contribution is -2.08. The van der Waals surface area contributed by atoms with E-state index in [0.29, 0.717) is 34.0 Å². The lowest BCUT2D eigenvalue weighted by atomic mass is 10.0. The van der Waals surface area contributed by atoms with Crippen molar-refractivity contribution in [1.82, 2.24) is 38.5 Å². The molecule has 0 unspecified atom stereocenters. The maximum Gasteiger partial charge on any atom is 0.241 e. The molecule has 0 radical (unpaired) electrons. The van der Waals surface area contributed by atoms with E-state index in [2.05, 4.69) is 89.5 Å². The smallest absolute Gasteiger partial charge is 0.241 e. The number of hydrogen-bond acceptors (Lipinski definition) is 6. The zero-order valence-electron chi connectivity index (χ0n) is 30.3. The molecule has 4 aromatic heterocycles. The van der Waals surface area contributed by atoms with Crippen molar-refractivity contribution < 1.29 is 0 Å². The second-order valence-corrected chi connectivity index (χ2v) is 14.2. The highest BCUT2D eigenvalue weighted by atomic mass is 32.1. The molecule has 268 valence electrons. The average Bonchev–Trinajstić information content (AvgIpc) is 3.80. The summed E-state index contributed by atoms with van der Waals surface area (Å²) >= 11 is 6.10. The summed E-state index contributed by atoms with van der Waals surface area (Å²) in [5.41, 5.74) is 9.81. The van der Waals surface area contributed by atoms with Gasteiger partial charge in [-0.1, -0.05) is 140 Å². The molecule has 0 aliphatic rings. The first kappa shape index (κ1) is 32.8. The first-order chi connectivity index (χ1) is 28.2. The summed E-state index contributed by atoms with van der Waals surface area (Å²) < 4.78 is 6.60. The summed E-state index contributed by atoms with van der Waals surface area (Å²) in [5.74, 6) is 2.59. The Bertz CT molecular complexity index is 3300. The van der Waals surface area contributed by atoms with Crippen LogP contribution in [0.1, 0.15) is 0 Å². The molecular weight excluding hydrogens is 721 g/mol. The van der Waals surface area contributed by atoms with Gasteiger partial charge in [0.1, 0.15) is 0 Å². The summed E-state index contributed by atoms with van der Waals surface area (Å²) in [6, 6.07) is 62.0. The lowest BCUT2D eigenvalue weighted by molar-refractivity contribution is 0.910. The van der Waals surface area contributed by atoms with Gasteiger partial charge in [-0.25, -0.2) is 9.55 Å². The SMILES string of the molecule is S=c1nc(-c2ccccc2)nc2n(-c3nc(-c4ccccc4)nc(-c4ccccc4)n3)c3ccc(-c4ccc5c(c4)c4ccccc4n5-c4ccccc4)cc3n12.